The molecule has 0 unspecified atom stereocenters. The summed E-state index contributed by atoms with van der Waals surface area (Å²) in [6, 6.07) is 0. The zero-order valence-corrected chi connectivity index (χ0v) is 13.2. The number of allylic oxidation sites excluding steroid dienone is 8. The second-order valence-electron chi connectivity index (χ2n) is 5.50. The molecule has 0 aromatic heterocycles. The Morgan fingerprint density at radius 3 is 2.41 bits per heavy atom. The summed E-state index contributed by atoms with van der Waals surface area (Å²) in [5.74, 6) is 6.69. The van der Waals surface area contributed by atoms with E-state index in [1.165, 1.54) is 41.4 Å². The number of rotatable bonds is 1. The van der Waals surface area contributed by atoms with Crippen LogP contribution >= 0.6 is 0 Å². The molecule has 0 bridgehead atoms. The van der Waals surface area contributed by atoms with Gasteiger partial charge < -0.3 is 0 Å². The summed E-state index contributed by atoms with van der Waals surface area (Å²) < 4.78 is 1.56. The molecule has 1 heteroatoms. The van der Waals surface area contributed by atoms with E-state index in [0.717, 1.165) is 12.8 Å². The van der Waals surface area contributed by atoms with E-state index in [1.54, 1.807) is 3.28 Å². The van der Waals surface area contributed by atoms with Crippen LogP contribution in [-0.2, 0) is 24.7 Å². The van der Waals surface area contributed by atoms with Gasteiger partial charge in [0.2, 0.25) is 0 Å². The van der Waals surface area contributed by atoms with Gasteiger partial charge in [0.25, 0.3) is 0 Å². The van der Waals surface area contributed by atoms with E-state index >= 15 is 0 Å². The van der Waals surface area contributed by atoms with Gasteiger partial charge in [0.1, 0.15) is 0 Å². The molecule has 0 aromatic carbocycles. The standard InChI is InChI=1S/C16H17.Zr/c1-16(2,3)12-11-14-9-6-10-15(14)13-7-4-5-8-13;/h4,6-7,9H,5,10H2,1-3H3;. The molecule has 2 aliphatic carbocycles. The zero-order valence-electron chi connectivity index (χ0n) is 10.7. The summed E-state index contributed by atoms with van der Waals surface area (Å²) in [5.41, 5.74) is 4.19. The Balaban J connectivity index is 2.36. The van der Waals surface area contributed by atoms with Crippen LogP contribution in [0.15, 0.2) is 44.3 Å². The minimum absolute atomic E-state index is 0.0785. The van der Waals surface area contributed by atoms with Crippen molar-refractivity contribution in [3.05, 3.63) is 44.3 Å². The first-order valence-electron chi connectivity index (χ1n) is 6.02. The molecule has 0 spiro atoms. The van der Waals surface area contributed by atoms with Gasteiger partial charge in [-0.2, -0.15) is 0 Å². The van der Waals surface area contributed by atoms with Crippen LogP contribution in [0, 0.1) is 17.3 Å². The summed E-state index contributed by atoms with van der Waals surface area (Å²) >= 11 is 1.54. The Labute approximate surface area is 119 Å². The fraction of sp³-hybridized carbons (Fsp3) is 0.375. The third-order valence-corrected chi connectivity index (χ3v) is 3.92. The molecule has 85 valence electrons. The molecule has 0 fully saturated rings. The quantitative estimate of drug-likeness (QED) is 0.641. The maximum atomic E-state index is 3.35. The molecule has 0 saturated carbocycles. The van der Waals surface area contributed by atoms with E-state index in [2.05, 4.69) is 56.9 Å². The van der Waals surface area contributed by atoms with Gasteiger partial charge in [0.15, 0.2) is 0 Å². The average Bonchev–Trinajstić information content (AvgIpc) is 2.81. The predicted octanol–water partition coefficient (Wildman–Crippen LogP) is 4.05. The SMILES string of the molecule is CC(C)(C)C#CC1=C(C2=[C]([Zr])CC=C2)CC=C1. The third kappa shape index (κ3) is 3.20. The van der Waals surface area contributed by atoms with Crippen molar-refractivity contribution in [3.8, 4) is 11.8 Å². The molecule has 0 amide bonds. The number of hydrogen-bond acceptors (Lipinski definition) is 0. The number of hydrogen-bond donors (Lipinski definition) is 0. The van der Waals surface area contributed by atoms with Crippen molar-refractivity contribution in [2.24, 2.45) is 5.41 Å². The van der Waals surface area contributed by atoms with E-state index in [0.29, 0.717) is 0 Å². The van der Waals surface area contributed by atoms with E-state index in [9.17, 15) is 0 Å². The second kappa shape index (κ2) is 4.95. The molecule has 0 N–H and O–H groups in total. The van der Waals surface area contributed by atoms with Crippen LogP contribution in [0.4, 0.5) is 0 Å². The first kappa shape index (κ1) is 12.8. The van der Waals surface area contributed by atoms with Gasteiger partial charge in [0.05, 0.1) is 0 Å². The normalized spacial score (nSPS) is 18.9. The van der Waals surface area contributed by atoms with Crippen LogP contribution in [0.25, 0.3) is 0 Å². The molecule has 0 heterocycles. The summed E-state index contributed by atoms with van der Waals surface area (Å²) in [6.45, 7) is 6.47. The summed E-state index contributed by atoms with van der Waals surface area (Å²) in [5, 5.41) is 0. The molecule has 17 heavy (non-hydrogen) atoms. The molecule has 2 rings (SSSR count). The second-order valence-corrected chi connectivity index (χ2v) is 6.98. The molecule has 0 aliphatic heterocycles. The van der Waals surface area contributed by atoms with Gasteiger partial charge in [-0.3, -0.25) is 0 Å². The summed E-state index contributed by atoms with van der Waals surface area (Å²) in [4.78, 5) is 0. The van der Waals surface area contributed by atoms with E-state index in [-0.39, 0.29) is 5.41 Å². The van der Waals surface area contributed by atoms with E-state index < -0.39 is 0 Å². The van der Waals surface area contributed by atoms with Crippen molar-refractivity contribution in [2.75, 3.05) is 0 Å². The van der Waals surface area contributed by atoms with Crippen LogP contribution in [0.5, 0.6) is 0 Å². The van der Waals surface area contributed by atoms with Crippen molar-refractivity contribution in [3.63, 3.8) is 0 Å². The molecule has 0 nitrogen and oxygen atoms in total. The van der Waals surface area contributed by atoms with Gasteiger partial charge in [0, 0.05) is 0 Å². The van der Waals surface area contributed by atoms with Crippen molar-refractivity contribution in [1.82, 2.24) is 0 Å². The Bertz CT molecular complexity index is 508. The first-order chi connectivity index (χ1) is 7.97. The van der Waals surface area contributed by atoms with Gasteiger partial charge in [-0.15, -0.1) is 0 Å². The molecular formula is C16H17Zr. The van der Waals surface area contributed by atoms with Gasteiger partial charge in [-0.1, -0.05) is 0 Å². The van der Waals surface area contributed by atoms with Crippen LogP contribution in [0.3, 0.4) is 0 Å². The van der Waals surface area contributed by atoms with Crippen LogP contribution in [0.2, 0.25) is 0 Å². The Morgan fingerprint density at radius 2 is 1.82 bits per heavy atom. The van der Waals surface area contributed by atoms with Crippen molar-refractivity contribution >= 4 is 0 Å². The van der Waals surface area contributed by atoms with Gasteiger partial charge >= 0.3 is 120 Å². The van der Waals surface area contributed by atoms with E-state index in [4.69, 9.17) is 0 Å². The van der Waals surface area contributed by atoms with E-state index in [1.807, 2.05) is 0 Å². The van der Waals surface area contributed by atoms with Crippen molar-refractivity contribution in [2.45, 2.75) is 33.6 Å². The maximum absolute atomic E-state index is 3.35. The van der Waals surface area contributed by atoms with Crippen molar-refractivity contribution in [1.29, 1.82) is 0 Å². The van der Waals surface area contributed by atoms with Crippen molar-refractivity contribution < 1.29 is 24.7 Å². The molecule has 0 aromatic rings. The third-order valence-electron chi connectivity index (χ3n) is 2.76. The van der Waals surface area contributed by atoms with Crippen LogP contribution < -0.4 is 0 Å². The monoisotopic (exact) mass is 299 g/mol. The molecule has 0 radical (unpaired) electrons. The Morgan fingerprint density at radius 1 is 1.12 bits per heavy atom. The molecule has 0 atom stereocenters. The Kier molecular flexibility index (Phi) is 3.74. The molecular weight excluding hydrogens is 283 g/mol. The predicted molar refractivity (Wildman–Crippen MR) is 68.8 cm³/mol. The van der Waals surface area contributed by atoms with Gasteiger partial charge in [-0.05, 0) is 0 Å². The first-order valence-corrected chi connectivity index (χ1v) is 7.25. The summed E-state index contributed by atoms with van der Waals surface area (Å²) in [7, 11) is 0. The topological polar surface area (TPSA) is 0 Å². The summed E-state index contributed by atoms with van der Waals surface area (Å²) in [6.07, 6.45) is 11.1. The van der Waals surface area contributed by atoms with Crippen LogP contribution in [-0.4, -0.2) is 0 Å². The average molecular weight is 301 g/mol. The molecule has 0 saturated heterocycles. The minimum atomic E-state index is 0.0785. The van der Waals surface area contributed by atoms with Gasteiger partial charge in [-0.25, -0.2) is 0 Å². The fourth-order valence-corrected chi connectivity index (χ4v) is 2.79. The Hall–Kier alpha value is -0.597. The molecule has 2 aliphatic rings. The van der Waals surface area contributed by atoms with Crippen LogP contribution in [0.1, 0.15) is 33.6 Å². The zero-order chi connectivity index (χ0) is 12.5. The fourth-order valence-electron chi connectivity index (χ4n) is 1.92.